The van der Waals surface area contributed by atoms with Crippen molar-refractivity contribution in [2.45, 2.75) is 25.5 Å². The number of aliphatic hydroxyl groups is 1. The number of hydrogen-bond acceptors (Lipinski definition) is 4. The highest BCUT2D eigenvalue weighted by molar-refractivity contribution is 5.82. The number of nitrogens with one attached hydrogen (secondary N) is 1. The summed E-state index contributed by atoms with van der Waals surface area (Å²) in [4.78, 5) is 28.0. The maximum absolute atomic E-state index is 11.8. The van der Waals surface area contributed by atoms with Crippen molar-refractivity contribution < 1.29 is 19.8 Å². The van der Waals surface area contributed by atoms with Crippen LogP contribution in [0.15, 0.2) is 24.5 Å². The van der Waals surface area contributed by atoms with Crippen molar-refractivity contribution in [1.29, 1.82) is 0 Å². The van der Waals surface area contributed by atoms with E-state index in [0.29, 0.717) is 13.0 Å². The molecule has 1 rings (SSSR count). The van der Waals surface area contributed by atoms with Crippen LogP contribution in [-0.4, -0.2) is 57.8 Å². The maximum Gasteiger partial charge on any atom is 0.328 e. The van der Waals surface area contributed by atoms with Crippen LogP contribution in [0, 0.1) is 0 Å². The summed E-state index contributed by atoms with van der Waals surface area (Å²) in [7, 11) is 1.57. The van der Waals surface area contributed by atoms with Crippen LogP contribution < -0.4 is 5.32 Å². The fourth-order valence-corrected chi connectivity index (χ4v) is 1.58. The molecule has 1 aromatic heterocycles. The van der Waals surface area contributed by atoms with Crippen LogP contribution in [0.5, 0.6) is 0 Å². The molecule has 0 aliphatic carbocycles. The first-order chi connectivity index (χ1) is 9.41. The van der Waals surface area contributed by atoms with Gasteiger partial charge in [0.05, 0.1) is 6.10 Å². The van der Waals surface area contributed by atoms with Crippen LogP contribution in [0.25, 0.3) is 0 Å². The molecule has 0 radical (unpaired) electrons. The number of amides is 2. The van der Waals surface area contributed by atoms with Gasteiger partial charge in [0.2, 0.25) is 0 Å². The van der Waals surface area contributed by atoms with E-state index in [0.717, 1.165) is 5.56 Å². The molecule has 0 fully saturated rings. The molecule has 2 amide bonds. The number of hydrogen-bond donors (Lipinski definition) is 3. The van der Waals surface area contributed by atoms with Crippen molar-refractivity contribution in [3.05, 3.63) is 30.1 Å². The number of carbonyl (C=O) groups is 2. The molecule has 0 saturated carbocycles. The molecular formula is C13H19N3O4. The van der Waals surface area contributed by atoms with E-state index in [9.17, 15) is 14.7 Å². The Hall–Kier alpha value is -2.15. The lowest BCUT2D eigenvalue weighted by atomic mass is 10.2. The van der Waals surface area contributed by atoms with Gasteiger partial charge in [-0.1, -0.05) is 0 Å². The van der Waals surface area contributed by atoms with E-state index < -0.39 is 24.1 Å². The molecule has 20 heavy (non-hydrogen) atoms. The number of likely N-dealkylation sites (N-methyl/N-ethyl adjacent to an activating group) is 1. The van der Waals surface area contributed by atoms with Gasteiger partial charge >= 0.3 is 12.0 Å². The summed E-state index contributed by atoms with van der Waals surface area (Å²) in [6.45, 7) is 1.75. The monoisotopic (exact) mass is 281 g/mol. The second kappa shape index (κ2) is 7.44. The van der Waals surface area contributed by atoms with Crippen LogP contribution in [-0.2, 0) is 11.2 Å². The van der Waals surface area contributed by atoms with Crippen molar-refractivity contribution in [2.24, 2.45) is 0 Å². The Balaban J connectivity index is 2.48. The summed E-state index contributed by atoms with van der Waals surface area (Å²) in [6.07, 6.45) is 2.82. The number of aromatic nitrogens is 1. The summed E-state index contributed by atoms with van der Waals surface area (Å²) in [5.74, 6) is -1.27. The van der Waals surface area contributed by atoms with E-state index >= 15 is 0 Å². The van der Waals surface area contributed by atoms with Crippen molar-refractivity contribution in [3.63, 3.8) is 0 Å². The van der Waals surface area contributed by atoms with E-state index in [-0.39, 0.29) is 0 Å². The maximum atomic E-state index is 11.8. The molecule has 1 aromatic rings. The van der Waals surface area contributed by atoms with E-state index in [1.165, 1.54) is 11.8 Å². The quantitative estimate of drug-likeness (QED) is 0.686. The lowest BCUT2D eigenvalue weighted by Crippen LogP contribution is -2.51. The Bertz CT molecular complexity index is 450. The van der Waals surface area contributed by atoms with Crippen molar-refractivity contribution in [3.8, 4) is 0 Å². The van der Waals surface area contributed by atoms with Crippen LogP contribution in [0.3, 0.4) is 0 Å². The number of nitrogens with zero attached hydrogens (tertiary/aromatic N) is 2. The first-order valence-corrected chi connectivity index (χ1v) is 6.23. The molecule has 2 atom stereocenters. The third-order valence-corrected chi connectivity index (χ3v) is 2.86. The topological polar surface area (TPSA) is 103 Å². The Morgan fingerprint density at radius 2 is 2.00 bits per heavy atom. The van der Waals surface area contributed by atoms with Gasteiger partial charge in [0, 0.05) is 26.0 Å². The van der Waals surface area contributed by atoms with E-state index in [2.05, 4.69) is 10.3 Å². The molecule has 0 bridgehead atoms. The molecule has 0 unspecified atom stereocenters. The highest BCUT2D eigenvalue weighted by atomic mass is 16.4. The molecule has 1 heterocycles. The summed E-state index contributed by atoms with van der Waals surface area (Å²) in [5, 5.41) is 20.5. The van der Waals surface area contributed by atoms with Gasteiger partial charge in [-0.2, -0.15) is 0 Å². The molecule has 0 spiro atoms. The molecule has 7 nitrogen and oxygen atoms in total. The lowest BCUT2D eigenvalue weighted by Gasteiger charge is -2.22. The second-order valence-corrected chi connectivity index (χ2v) is 4.53. The van der Waals surface area contributed by atoms with Crippen LogP contribution >= 0.6 is 0 Å². The van der Waals surface area contributed by atoms with E-state index in [1.54, 1.807) is 19.4 Å². The first kappa shape index (κ1) is 15.9. The predicted octanol–water partition coefficient (Wildman–Crippen LogP) is 0.0995. The number of aliphatic hydroxyl groups excluding tert-OH is 1. The zero-order valence-electron chi connectivity index (χ0n) is 11.5. The molecule has 0 aromatic carbocycles. The van der Waals surface area contributed by atoms with Crippen molar-refractivity contribution in [1.82, 2.24) is 15.2 Å². The fraction of sp³-hybridized carbons (Fsp3) is 0.462. The zero-order chi connectivity index (χ0) is 15.1. The number of urea groups is 1. The van der Waals surface area contributed by atoms with Gasteiger partial charge in [-0.05, 0) is 31.0 Å². The van der Waals surface area contributed by atoms with E-state index in [1.807, 2.05) is 12.1 Å². The Kier molecular flexibility index (Phi) is 5.92. The number of aliphatic carboxylic acids is 1. The third-order valence-electron chi connectivity index (χ3n) is 2.86. The minimum Gasteiger partial charge on any atom is -0.480 e. The van der Waals surface area contributed by atoms with E-state index in [4.69, 9.17) is 5.11 Å². The van der Waals surface area contributed by atoms with Gasteiger partial charge in [0.1, 0.15) is 0 Å². The fourth-order valence-electron chi connectivity index (χ4n) is 1.58. The van der Waals surface area contributed by atoms with Gasteiger partial charge in [0.25, 0.3) is 0 Å². The number of rotatable bonds is 6. The molecule has 0 aliphatic rings. The van der Waals surface area contributed by atoms with Gasteiger partial charge in [-0.25, -0.2) is 9.59 Å². The second-order valence-electron chi connectivity index (χ2n) is 4.53. The Morgan fingerprint density at radius 3 is 2.50 bits per heavy atom. The molecule has 110 valence electrons. The minimum absolute atomic E-state index is 0.433. The smallest absolute Gasteiger partial charge is 0.328 e. The molecular weight excluding hydrogens is 262 g/mol. The van der Waals surface area contributed by atoms with Gasteiger partial charge in [-0.15, -0.1) is 0 Å². The molecule has 3 N–H and O–H groups in total. The van der Waals surface area contributed by atoms with Gasteiger partial charge < -0.3 is 20.4 Å². The van der Waals surface area contributed by atoms with Crippen molar-refractivity contribution in [2.75, 3.05) is 13.6 Å². The van der Waals surface area contributed by atoms with Crippen LogP contribution in [0.1, 0.15) is 12.5 Å². The third kappa shape index (κ3) is 4.85. The number of carboxylic acids is 1. The lowest BCUT2D eigenvalue weighted by molar-refractivity contribution is -0.141. The summed E-state index contributed by atoms with van der Waals surface area (Å²) < 4.78 is 0. The largest absolute Gasteiger partial charge is 0.480 e. The first-order valence-electron chi connectivity index (χ1n) is 6.23. The van der Waals surface area contributed by atoms with Crippen molar-refractivity contribution >= 4 is 12.0 Å². The van der Waals surface area contributed by atoms with Gasteiger partial charge in [0.15, 0.2) is 6.04 Å². The highest BCUT2D eigenvalue weighted by Gasteiger charge is 2.26. The predicted molar refractivity (Wildman–Crippen MR) is 72.2 cm³/mol. The Morgan fingerprint density at radius 1 is 1.40 bits per heavy atom. The summed E-state index contributed by atoms with van der Waals surface area (Å²) in [5.41, 5.74) is 1.03. The van der Waals surface area contributed by atoms with Crippen LogP contribution in [0.4, 0.5) is 4.79 Å². The minimum atomic E-state index is -1.31. The van der Waals surface area contributed by atoms with Gasteiger partial charge in [-0.3, -0.25) is 4.98 Å². The molecule has 7 heteroatoms. The standard InChI is InChI=1S/C13H19N3O4/c1-9(17)11(12(18)19)15-13(20)16(2)8-5-10-3-6-14-7-4-10/h3-4,6-7,9,11,17H,5,8H2,1-2H3,(H,15,20)(H,18,19)/t9-,11+/m1/s1. The zero-order valence-corrected chi connectivity index (χ0v) is 11.5. The highest BCUT2D eigenvalue weighted by Crippen LogP contribution is 2.00. The molecule has 0 saturated heterocycles. The number of carboxylic acid groups (broad SMARTS) is 1. The number of carbonyl (C=O) groups excluding carboxylic acids is 1. The van der Waals surface area contributed by atoms with Crippen LogP contribution in [0.2, 0.25) is 0 Å². The molecule has 0 aliphatic heterocycles. The SMILES string of the molecule is C[C@@H](O)[C@H](NC(=O)N(C)CCc1ccncc1)C(=O)O. The number of pyridine rings is 1. The average Bonchev–Trinajstić information content (AvgIpc) is 2.42. The average molecular weight is 281 g/mol. The summed E-state index contributed by atoms with van der Waals surface area (Å²) in [6, 6.07) is 1.85. The summed E-state index contributed by atoms with van der Waals surface area (Å²) >= 11 is 0. The normalized spacial score (nSPS) is 13.3. The Labute approximate surface area is 117 Å².